The minimum Gasteiger partial charge on any atom is -0.480 e. The van der Waals surface area contributed by atoms with E-state index in [1.807, 2.05) is 19.1 Å². The Kier molecular flexibility index (Phi) is 4.21. The molecule has 104 valence electrons. The lowest BCUT2D eigenvalue weighted by Gasteiger charge is -2.20. The van der Waals surface area contributed by atoms with Gasteiger partial charge >= 0.3 is 5.97 Å². The van der Waals surface area contributed by atoms with Crippen LogP contribution in [-0.4, -0.2) is 47.7 Å². The van der Waals surface area contributed by atoms with Gasteiger partial charge in [-0.25, -0.2) is 4.79 Å². The second-order valence-corrected chi connectivity index (χ2v) is 6.06. The van der Waals surface area contributed by atoms with Gasteiger partial charge in [-0.15, -0.1) is 11.3 Å². The molecule has 1 saturated heterocycles. The fourth-order valence-electron chi connectivity index (χ4n) is 2.31. The number of aliphatic carboxylic acids is 1. The summed E-state index contributed by atoms with van der Waals surface area (Å²) in [6.45, 7) is 2.34. The fraction of sp³-hybridized carbons (Fsp3) is 0.538. The van der Waals surface area contributed by atoms with Crippen LogP contribution in [-0.2, 0) is 20.7 Å². The highest BCUT2D eigenvalue weighted by Crippen LogP contribution is 2.23. The van der Waals surface area contributed by atoms with E-state index < -0.39 is 12.0 Å². The number of hydrogen-bond acceptors (Lipinski definition) is 4. The second-order valence-electron chi connectivity index (χ2n) is 4.68. The van der Waals surface area contributed by atoms with Crippen molar-refractivity contribution in [3.8, 4) is 0 Å². The molecule has 2 unspecified atom stereocenters. The number of carboxylic acids is 1. The van der Waals surface area contributed by atoms with E-state index in [9.17, 15) is 9.59 Å². The quantitative estimate of drug-likeness (QED) is 0.904. The Morgan fingerprint density at radius 1 is 1.53 bits per heavy atom. The van der Waals surface area contributed by atoms with Crippen LogP contribution in [0.2, 0.25) is 0 Å². The van der Waals surface area contributed by atoms with Gasteiger partial charge < -0.3 is 14.7 Å². The Labute approximate surface area is 115 Å². The number of likely N-dealkylation sites (tertiary alicyclic amines) is 1. The minimum atomic E-state index is -0.963. The summed E-state index contributed by atoms with van der Waals surface area (Å²) in [4.78, 5) is 26.9. The molecular weight excluding hydrogens is 266 g/mol. The first-order valence-corrected chi connectivity index (χ1v) is 6.93. The first-order valence-electron chi connectivity index (χ1n) is 6.11. The van der Waals surface area contributed by atoms with E-state index in [-0.39, 0.29) is 18.4 Å². The molecular formula is C13H17NO4S. The zero-order valence-electron chi connectivity index (χ0n) is 11.0. The molecule has 1 aliphatic heterocycles. The molecule has 2 heterocycles. The summed E-state index contributed by atoms with van der Waals surface area (Å²) in [6, 6.07) is 3.11. The van der Waals surface area contributed by atoms with Gasteiger partial charge in [-0.1, -0.05) is 0 Å². The molecule has 0 aliphatic carbocycles. The molecule has 2 rings (SSSR count). The van der Waals surface area contributed by atoms with Crippen LogP contribution in [0, 0.1) is 6.92 Å². The predicted octanol–water partition coefficient (Wildman–Crippen LogP) is 1.30. The highest BCUT2D eigenvalue weighted by molar-refractivity contribution is 7.12. The molecule has 0 saturated carbocycles. The van der Waals surface area contributed by atoms with Crippen LogP contribution in [0.3, 0.4) is 0 Å². The highest BCUT2D eigenvalue weighted by atomic mass is 32.1. The third-order valence-electron chi connectivity index (χ3n) is 3.32. The van der Waals surface area contributed by atoms with Gasteiger partial charge in [-0.05, 0) is 19.1 Å². The van der Waals surface area contributed by atoms with Crippen LogP contribution in [0.15, 0.2) is 12.1 Å². The van der Waals surface area contributed by atoms with Crippen LogP contribution in [0.1, 0.15) is 16.2 Å². The number of thiophene rings is 1. The summed E-state index contributed by atoms with van der Waals surface area (Å²) in [5.74, 6) is -1.11. The van der Waals surface area contributed by atoms with Crippen molar-refractivity contribution >= 4 is 23.2 Å². The van der Waals surface area contributed by atoms with Gasteiger partial charge in [-0.3, -0.25) is 4.79 Å². The number of methoxy groups -OCH3 is 1. The van der Waals surface area contributed by atoms with Gasteiger partial charge in [0, 0.05) is 29.8 Å². The largest absolute Gasteiger partial charge is 0.480 e. The second kappa shape index (κ2) is 5.71. The molecule has 1 aliphatic rings. The molecule has 0 aromatic carbocycles. The Balaban J connectivity index is 2.06. The number of hydrogen-bond donors (Lipinski definition) is 1. The standard InChI is InChI=1S/C13H17NO4S/c1-8-3-4-10(19-8)6-12(15)14-7-9(18-2)5-11(14)13(16)17/h3-4,9,11H,5-7H2,1-2H3,(H,16,17). The summed E-state index contributed by atoms with van der Waals surface area (Å²) in [6.07, 6.45) is 0.440. The van der Waals surface area contributed by atoms with Gasteiger partial charge in [0.1, 0.15) is 6.04 Å². The van der Waals surface area contributed by atoms with E-state index in [0.717, 1.165) is 9.75 Å². The lowest BCUT2D eigenvalue weighted by molar-refractivity contribution is -0.147. The van der Waals surface area contributed by atoms with E-state index in [4.69, 9.17) is 9.84 Å². The smallest absolute Gasteiger partial charge is 0.326 e. The Bertz CT molecular complexity index is 485. The number of carbonyl (C=O) groups excluding carboxylic acids is 1. The first kappa shape index (κ1) is 14.0. The monoisotopic (exact) mass is 283 g/mol. The SMILES string of the molecule is COC1CC(C(=O)O)N(C(=O)Cc2ccc(C)s2)C1. The molecule has 2 atom stereocenters. The summed E-state index contributed by atoms with van der Waals surface area (Å²) in [5, 5.41) is 9.17. The summed E-state index contributed by atoms with van der Waals surface area (Å²) in [7, 11) is 1.54. The maximum absolute atomic E-state index is 12.2. The van der Waals surface area contributed by atoms with E-state index in [1.54, 1.807) is 18.4 Å². The van der Waals surface area contributed by atoms with Crippen LogP contribution in [0.4, 0.5) is 0 Å². The van der Waals surface area contributed by atoms with Gasteiger partial charge in [0.2, 0.25) is 5.91 Å². The summed E-state index contributed by atoms with van der Waals surface area (Å²) < 4.78 is 5.17. The molecule has 5 nitrogen and oxygen atoms in total. The molecule has 1 aromatic rings. The Morgan fingerprint density at radius 2 is 2.26 bits per heavy atom. The normalized spacial score (nSPS) is 22.7. The molecule has 1 fully saturated rings. The number of aryl methyl sites for hydroxylation is 1. The molecule has 6 heteroatoms. The summed E-state index contributed by atoms with van der Waals surface area (Å²) >= 11 is 1.56. The number of ether oxygens (including phenoxy) is 1. The molecule has 19 heavy (non-hydrogen) atoms. The fourth-order valence-corrected chi connectivity index (χ4v) is 3.19. The predicted molar refractivity (Wildman–Crippen MR) is 71.3 cm³/mol. The van der Waals surface area contributed by atoms with Gasteiger partial charge in [0.05, 0.1) is 12.5 Å². The highest BCUT2D eigenvalue weighted by Gasteiger charge is 2.39. The average Bonchev–Trinajstić information content (AvgIpc) is 2.95. The van der Waals surface area contributed by atoms with Crippen molar-refractivity contribution in [2.75, 3.05) is 13.7 Å². The zero-order chi connectivity index (χ0) is 14.0. The number of nitrogens with zero attached hydrogens (tertiary/aromatic N) is 1. The van der Waals surface area contributed by atoms with E-state index in [0.29, 0.717) is 13.0 Å². The van der Waals surface area contributed by atoms with Crippen LogP contribution in [0.5, 0.6) is 0 Å². The lowest BCUT2D eigenvalue weighted by Crippen LogP contribution is -2.41. The van der Waals surface area contributed by atoms with Crippen molar-refractivity contribution < 1.29 is 19.4 Å². The van der Waals surface area contributed by atoms with Crippen molar-refractivity contribution in [3.05, 3.63) is 21.9 Å². The zero-order valence-corrected chi connectivity index (χ0v) is 11.8. The van der Waals surface area contributed by atoms with E-state index in [1.165, 1.54) is 4.90 Å². The van der Waals surface area contributed by atoms with Crippen molar-refractivity contribution in [3.63, 3.8) is 0 Å². The van der Waals surface area contributed by atoms with Gasteiger partial charge in [-0.2, -0.15) is 0 Å². The van der Waals surface area contributed by atoms with Crippen molar-refractivity contribution in [2.24, 2.45) is 0 Å². The van der Waals surface area contributed by atoms with Gasteiger partial charge in [0.25, 0.3) is 0 Å². The number of amides is 1. The maximum atomic E-state index is 12.2. The van der Waals surface area contributed by atoms with Crippen molar-refractivity contribution in [1.82, 2.24) is 4.90 Å². The van der Waals surface area contributed by atoms with Crippen molar-refractivity contribution in [2.45, 2.75) is 31.9 Å². The number of carbonyl (C=O) groups is 2. The van der Waals surface area contributed by atoms with Crippen LogP contribution >= 0.6 is 11.3 Å². The molecule has 1 aromatic heterocycles. The van der Waals surface area contributed by atoms with E-state index >= 15 is 0 Å². The molecule has 1 N–H and O–H groups in total. The first-order chi connectivity index (χ1) is 9.01. The number of carboxylic acid groups (broad SMARTS) is 1. The third-order valence-corrected chi connectivity index (χ3v) is 4.32. The molecule has 1 amide bonds. The lowest BCUT2D eigenvalue weighted by atomic mass is 10.2. The topological polar surface area (TPSA) is 66.8 Å². The maximum Gasteiger partial charge on any atom is 0.326 e. The van der Waals surface area contributed by atoms with Crippen LogP contribution in [0.25, 0.3) is 0 Å². The van der Waals surface area contributed by atoms with E-state index in [2.05, 4.69) is 0 Å². The summed E-state index contributed by atoms with van der Waals surface area (Å²) in [5.41, 5.74) is 0. The van der Waals surface area contributed by atoms with Crippen molar-refractivity contribution in [1.29, 1.82) is 0 Å². The molecule has 0 bridgehead atoms. The third kappa shape index (κ3) is 3.13. The number of rotatable bonds is 4. The molecule has 0 radical (unpaired) electrons. The Hall–Kier alpha value is -1.40. The Morgan fingerprint density at radius 3 is 2.79 bits per heavy atom. The average molecular weight is 283 g/mol. The minimum absolute atomic E-state index is 0.145. The molecule has 0 spiro atoms. The van der Waals surface area contributed by atoms with Gasteiger partial charge in [0.15, 0.2) is 0 Å². The van der Waals surface area contributed by atoms with Crippen LogP contribution < -0.4 is 0 Å².